The van der Waals surface area contributed by atoms with E-state index in [2.05, 4.69) is 37.2 Å². The summed E-state index contributed by atoms with van der Waals surface area (Å²) in [5.41, 5.74) is 0.688. The molecule has 7 nitrogen and oxygen atoms in total. The molecule has 29 heavy (non-hydrogen) atoms. The molecule has 0 saturated carbocycles. The molecule has 0 spiro atoms. The highest BCUT2D eigenvalue weighted by atomic mass is 79.9. The Hall–Kier alpha value is -2.65. The van der Waals surface area contributed by atoms with Gasteiger partial charge in [0.15, 0.2) is 11.5 Å². The van der Waals surface area contributed by atoms with Gasteiger partial charge in [-0.25, -0.2) is 9.69 Å². The van der Waals surface area contributed by atoms with E-state index in [4.69, 9.17) is 9.47 Å². The molecule has 150 valence electrons. The number of imide groups is 2. The molecular formula is C20H16Br2N2O5. The average Bonchev–Trinajstić information content (AvgIpc) is 2.67. The van der Waals surface area contributed by atoms with Gasteiger partial charge in [-0.2, -0.15) is 0 Å². The average molecular weight is 524 g/mol. The number of hydrogen-bond acceptors (Lipinski definition) is 5. The fraction of sp³-hybridized carbons (Fsp3) is 0.150. The van der Waals surface area contributed by atoms with Gasteiger partial charge in [0.2, 0.25) is 0 Å². The quantitative estimate of drug-likeness (QED) is 0.467. The zero-order chi connectivity index (χ0) is 21.1. The summed E-state index contributed by atoms with van der Waals surface area (Å²) < 4.78 is 12.2. The summed E-state index contributed by atoms with van der Waals surface area (Å²) >= 11 is 6.72. The van der Waals surface area contributed by atoms with Crippen LogP contribution in [0.4, 0.5) is 10.5 Å². The van der Waals surface area contributed by atoms with Gasteiger partial charge < -0.3 is 9.47 Å². The third kappa shape index (κ3) is 4.35. The van der Waals surface area contributed by atoms with Crippen LogP contribution in [0.3, 0.4) is 0 Å². The minimum Gasteiger partial charge on any atom is -0.493 e. The van der Waals surface area contributed by atoms with Crippen LogP contribution < -0.4 is 19.7 Å². The molecule has 1 aliphatic rings. The van der Waals surface area contributed by atoms with Crippen LogP contribution in [0.1, 0.15) is 12.5 Å². The SMILES string of the molecule is CCOc1c(Br)cc(/C=C2\C(=O)NC(=O)N(c3cccc(Br)c3)C2=O)cc1OC. The molecule has 0 radical (unpaired) electrons. The lowest BCUT2D eigenvalue weighted by molar-refractivity contribution is -0.122. The Morgan fingerprint density at radius 3 is 2.55 bits per heavy atom. The second-order valence-corrected chi connectivity index (χ2v) is 7.67. The molecule has 0 aliphatic carbocycles. The minimum atomic E-state index is -0.805. The predicted molar refractivity (Wildman–Crippen MR) is 115 cm³/mol. The van der Waals surface area contributed by atoms with E-state index in [1.807, 2.05) is 6.92 Å². The van der Waals surface area contributed by atoms with Crippen molar-refractivity contribution in [1.82, 2.24) is 5.32 Å². The molecule has 1 saturated heterocycles. The van der Waals surface area contributed by atoms with E-state index < -0.39 is 17.8 Å². The van der Waals surface area contributed by atoms with Crippen molar-refractivity contribution in [3.05, 3.63) is 56.5 Å². The monoisotopic (exact) mass is 522 g/mol. The summed E-state index contributed by atoms with van der Waals surface area (Å²) in [5, 5.41) is 2.20. The number of carbonyl (C=O) groups is 3. The summed E-state index contributed by atoms with van der Waals surface area (Å²) in [6.07, 6.45) is 1.40. The van der Waals surface area contributed by atoms with Crippen LogP contribution in [0.25, 0.3) is 6.08 Å². The molecule has 1 N–H and O–H groups in total. The number of amides is 4. The van der Waals surface area contributed by atoms with Gasteiger partial charge in [0.1, 0.15) is 5.57 Å². The lowest BCUT2D eigenvalue weighted by Crippen LogP contribution is -2.54. The largest absolute Gasteiger partial charge is 0.493 e. The molecule has 0 aromatic heterocycles. The fourth-order valence-electron chi connectivity index (χ4n) is 2.78. The Morgan fingerprint density at radius 1 is 1.14 bits per heavy atom. The second kappa shape index (κ2) is 8.79. The maximum Gasteiger partial charge on any atom is 0.335 e. The first-order valence-corrected chi connectivity index (χ1v) is 10.1. The molecule has 1 fully saturated rings. The molecule has 9 heteroatoms. The first kappa shape index (κ1) is 21.1. The van der Waals surface area contributed by atoms with E-state index in [9.17, 15) is 14.4 Å². The summed E-state index contributed by atoms with van der Waals surface area (Å²) in [6, 6.07) is 9.20. The van der Waals surface area contributed by atoms with Gasteiger partial charge in [0.05, 0.1) is 23.9 Å². The molecule has 2 aromatic rings. The van der Waals surface area contributed by atoms with E-state index in [0.29, 0.717) is 38.3 Å². The number of nitrogens with zero attached hydrogens (tertiary/aromatic N) is 1. The molecular weight excluding hydrogens is 508 g/mol. The zero-order valence-corrected chi connectivity index (χ0v) is 18.7. The smallest absolute Gasteiger partial charge is 0.335 e. The van der Waals surface area contributed by atoms with E-state index >= 15 is 0 Å². The summed E-state index contributed by atoms with van der Waals surface area (Å²) in [7, 11) is 1.49. The van der Waals surface area contributed by atoms with Gasteiger partial charge in [0.25, 0.3) is 11.8 Å². The number of benzene rings is 2. The Morgan fingerprint density at radius 2 is 1.90 bits per heavy atom. The molecule has 2 aromatic carbocycles. The minimum absolute atomic E-state index is 0.178. The maximum atomic E-state index is 13.0. The van der Waals surface area contributed by atoms with Gasteiger partial charge in [-0.15, -0.1) is 0 Å². The third-order valence-corrected chi connectivity index (χ3v) is 5.10. The molecule has 0 bridgehead atoms. The van der Waals surface area contributed by atoms with E-state index in [0.717, 1.165) is 4.90 Å². The van der Waals surface area contributed by atoms with Crippen LogP contribution in [-0.2, 0) is 9.59 Å². The van der Waals surface area contributed by atoms with Crippen LogP contribution in [0.2, 0.25) is 0 Å². The summed E-state index contributed by atoms with van der Waals surface area (Å²) in [4.78, 5) is 38.5. The summed E-state index contributed by atoms with van der Waals surface area (Å²) in [6.45, 7) is 2.29. The number of anilines is 1. The van der Waals surface area contributed by atoms with E-state index in [-0.39, 0.29) is 5.57 Å². The zero-order valence-electron chi connectivity index (χ0n) is 15.5. The number of urea groups is 1. The number of barbiturate groups is 1. The molecule has 4 amide bonds. The number of methoxy groups -OCH3 is 1. The van der Waals surface area contributed by atoms with Gasteiger partial charge in [-0.05, 0) is 64.8 Å². The lowest BCUT2D eigenvalue weighted by Gasteiger charge is -2.26. The Bertz CT molecular complexity index is 1040. The highest BCUT2D eigenvalue weighted by Gasteiger charge is 2.36. The van der Waals surface area contributed by atoms with Crippen molar-refractivity contribution < 1.29 is 23.9 Å². The number of nitrogens with one attached hydrogen (secondary N) is 1. The first-order valence-electron chi connectivity index (χ1n) is 8.53. The van der Waals surface area contributed by atoms with Crippen LogP contribution in [-0.4, -0.2) is 31.6 Å². The third-order valence-electron chi connectivity index (χ3n) is 4.02. The van der Waals surface area contributed by atoms with Gasteiger partial charge in [0, 0.05) is 4.47 Å². The number of rotatable bonds is 5. The van der Waals surface area contributed by atoms with Crippen molar-refractivity contribution in [2.75, 3.05) is 18.6 Å². The normalized spacial score (nSPS) is 15.5. The number of ether oxygens (including phenoxy) is 2. The van der Waals surface area contributed by atoms with Crippen LogP contribution >= 0.6 is 31.9 Å². The molecule has 0 unspecified atom stereocenters. The van der Waals surface area contributed by atoms with E-state index in [1.165, 1.54) is 13.2 Å². The molecule has 1 aliphatic heterocycles. The van der Waals surface area contributed by atoms with Crippen molar-refractivity contribution in [2.45, 2.75) is 6.92 Å². The molecule has 0 atom stereocenters. The van der Waals surface area contributed by atoms with Crippen LogP contribution in [0.15, 0.2) is 50.9 Å². The van der Waals surface area contributed by atoms with Crippen molar-refractivity contribution in [1.29, 1.82) is 0 Å². The maximum absolute atomic E-state index is 13.0. The standard InChI is InChI=1S/C20H16Br2N2O5/c1-3-29-17-15(22)8-11(9-16(17)28-2)7-14-18(25)23-20(27)24(19(14)26)13-6-4-5-12(21)10-13/h4-10H,3H2,1-2H3,(H,23,25,27)/b14-7+. The molecule has 1 heterocycles. The Balaban J connectivity index is 2.04. The topological polar surface area (TPSA) is 84.9 Å². The van der Waals surface area contributed by atoms with Crippen molar-refractivity contribution in [3.8, 4) is 11.5 Å². The highest BCUT2D eigenvalue weighted by Crippen LogP contribution is 2.37. The summed E-state index contributed by atoms with van der Waals surface area (Å²) in [5.74, 6) is -0.532. The Labute approximate surface area is 183 Å². The van der Waals surface area contributed by atoms with Crippen LogP contribution in [0.5, 0.6) is 11.5 Å². The number of halogens is 2. The van der Waals surface area contributed by atoms with Gasteiger partial charge in [-0.3, -0.25) is 14.9 Å². The predicted octanol–water partition coefficient (Wildman–Crippen LogP) is 4.29. The highest BCUT2D eigenvalue weighted by molar-refractivity contribution is 9.10. The van der Waals surface area contributed by atoms with Crippen molar-refractivity contribution in [3.63, 3.8) is 0 Å². The van der Waals surface area contributed by atoms with Crippen molar-refractivity contribution >= 4 is 61.5 Å². The van der Waals surface area contributed by atoms with E-state index in [1.54, 1.807) is 36.4 Å². The van der Waals surface area contributed by atoms with Crippen molar-refractivity contribution in [2.24, 2.45) is 0 Å². The lowest BCUT2D eigenvalue weighted by atomic mass is 10.1. The first-order chi connectivity index (χ1) is 13.8. The molecule has 3 rings (SSSR count). The van der Waals surface area contributed by atoms with Crippen LogP contribution in [0, 0.1) is 0 Å². The number of carbonyl (C=O) groups excluding carboxylic acids is 3. The fourth-order valence-corrected chi connectivity index (χ4v) is 3.74. The van der Waals surface area contributed by atoms with Gasteiger partial charge in [-0.1, -0.05) is 22.0 Å². The van der Waals surface area contributed by atoms with Gasteiger partial charge >= 0.3 is 6.03 Å². The number of hydrogen-bond donors (Lipinski definition) is 1. The second-order valence-electron chi connectivity index (χ2n) is 5.90. The Kier molecular flexibility index (Phi) is 6.39.